The number of aryl methyl sites for hydroxylation is 4. The predicted octanol–water partition coefficient (Wildman–Crippen LogP) is 4.29. The van der Waals surface area contributed by atoms with Crippen LogP contribution in [0.1, 0.15) is 29.2 Å². The maximum Gasteiger partial charge on any atom is 0.243 e. The van der Waals surface area contributed by atoms with E-state index < -0.39 is 40.1 Å². The Morgan fingerprint density at radius 2 is 0.673 bits per heavy atom. The Morgan fingerprint density at radius 3 is 1.00 bits per heavy atom. The van der Waals surface area contributed by atoms with Crippen LogP contribution < -0.4 is 4.72 Å². The Balaban J connectivity index is 1.65. The molecule has 0 fully saturated rings. The van der Waals surface area contributed by atoms with Gasteiger partial charge in [0.2, 0.25) is 40.1 Å². The summed E-state index contributed by atoms with van der Waals surface area (Å²) in [6, 6.07) is 24.8. The number of benzene rings is 4. The summed E-state index contributed by atoms with van der Waals surface area (Å²) in [5.74, 6) is 0. The molecule has 0 aromatic heterocycles. The lowest BCUT2D eigenvalue weighted by atomic mass is 10.2. The normalized spacial score (nSPS) is 12.9. The Bertz CT molecular complexity index is 2250. The third kappa shape index (κ3) is 10.1. The van der Waals surface area contributed by atoms with E-state index in [-0.39, 0.29) is 65.4 Å². The molecule has 0 aliphatic rings. The van der Waals surface area contributed by atoms with Crippen LogP contribution in [0, 0.1) is 27.7 Å². The first-order chi connectivity index (χ1) is 24.4. The largest absolute Gasteiger partial charge is 0.243 e. The van der Waals surface area contributed by atoms with E-state index in [1.54, 1.807) is 62.4 Å². The van der Waals surface area contributed by atoms with Crippen molar-refractivity contribution < 1.29 is 33.7 Å². The minimum atomic E-state index is -4.25. The van der Waals surface area contributed by atoms with Crippen LogP contribution in [0.2, 0.25) is 0 Å². The molecular weight excluding hydrogens is 745 g/mol. The molecular formula is C36H46N4O8S4. The summed E-state index contributed by atoms with van der Waals surface area (Å²) in [5.41, 5.74) is 3.41. The van der Waals surface area contributed by atoms with Gasteiger partial charge in [-0.15, -0.1) is 0 Å². The van der Waals surface area contributed by atoms with Gasteiger partial charge >= 0.3 is 0 Å². The molecule has 282 valence electrons. The van der Waals surface area contributed by atoms with Crippen molar-refractivity contribution in [3.05, 3.63) is 119 Å². The molecule has 0 radical (unpaired) electrons. The average molecular weight is 791 g/mol. The first-order valence-electron chi connectivity index (χ1n) is 16.6. The third-order valence-electron chi connectivity index (χ3n) is 8.51. The highest BCUT2D eigenvalue weighted by Crippen LogP contribution is 2.22. The van der Waals surface area contributed by atoms with Crippen molar-refractivity contribution in [3.63, 3.8) is 0 Å². The molecule has 12 nitrogen and oxygen atoms in total. The van der Waals surface area contributed by atoms with Crippen molar-refractivity contribution in [3.8, 4) is 0 Å². The second kappa shape index (κ2) is 17.1. The zero-order valence-corrected chi connectivity index (χ0v) is 33.2. The Hall–Kier alpha value is -3.48. The molecule has 0 saturated heterocycles. The number of likely N-dealkylation sites (N-methyl/N-ethyl adjacent to an activating group) is 1. The Labute approximate surface area is 309 Å². The minimum absolute atomic E-state index is 0.0162. The van der Waals surface area contributed by atoms with E-state index in [0.717, 1.165) is 30.9 Å². The van der Waals surface area contributed by atoms with Crippen molar-refractivity contribution in [1.82, 2.24) is 17.6 Å². The lowest BCUT2D eigenvalue weighted by Gasteiger charge is -2.29. The van der Waals surface area contributed by atoms with E-state index >= 15 is 0 Å². The summed E-state index contributed by atoms with van der Waals surface area (Å²) < 4.78 is 115. The second-order valence-electron chi connectivity index (χ2n) is 12.5. The summed E-state index contributed by atoms with van der Waals surface area (Å²) in [5, 5.41) is 0. The lowest BCUT2D eigenvalue weighted by molar-refractivity contribution is 0.320. The van der Waals surface area contributed by atoms with Gasteiger partial charge in [0.05, 0.1) is 19.6 Å². The first kappa shape index (κ1) is 41.3. The van der Waals surface area contributed by atoms with E-state index in [2.05, 4.69) is 4.72 Å². The van der Waals surface area contributed by atoms with Gasteiger partial charge in [-0.25, -0.2) is 38.4 Å². The van der Waals surface area contributed by atoms with Crippen molar-refractivity contribution in [1.29, 1.82) is 0 Å². The van der Waals surface area contributed by atoms with Gasteiger partial charge in [-0.2, -0.15) is 12.9 Å². The quantitative estimate of drug-likeness (QED) is 0.156. The molecule has 0 atom stereocenters. The van der Waals surface area contributed by atoms with Crippen LogP contribution in [-0.2, 0) is 40.1 Å². The van der Waals surface area contributed by atoms with Gasteiger partial charge in [0.1, 0.15) is 0 Å². The zero-order chi connectivity index (χ0) is 38.3. The fourth-order valence-electron chi connectivity index (χ4n) is 5.28. The van der Waals surface area contributed by atoms with Crippen LogP contribution in [0.5, 0.6) is 0 Å². The fraction of sp³-hybridized carbons (Fsp3) is 0.333. The molecule has 4 aromatic rings. The Morgan fingerprint density at radius 1 is 0.404 bits per heavy atom. The lowest BCUT2D eigenvalue weighted by Crippen LogP contribution is -2.46. The summed E-state index contributed by atoms with van der Waals surface area (Å²) in [6.07, 6.45) is 0. The number of nitrogens with zero attached hydrogens (tertiary/aromatic N) is 3. The molecule has 0 unspecified atom stereocenters. The van der Waals surface area contributed by atoms with Crippen molar-refractivity contribution >= 4 is 40.1 Å². The maximum absolute atomic E-state index is 14.1. The molecule has 16 heteroatoms. The van der Waals surface area contributed by atoms with Gasteiger partial charge in [0.25, 0.3) is 0 Å². The number of rotatable bonds is 18. The van der Waals surface area contributed by atoms with Gasteiger partial charge in [-0.1, -0.05) is 77.7 Å². The minimum Gasteiger partial charge on any atom is -0.210 e. The third-order valence-corrected chi connectivity index (χ3v) is 15.8. The molecule has 0 bridgehead atoms. The number of hydrogen-bond acceptors (Lipinski definition) is 8. The van der Waals surface area contributed by atoms with Gasteiger partial charge < -0.3 is 0 Å². The molecule has 4 aromatic carbocycles. The maximum atomic E-state index is 14.1. The van der Waals surface area contributed by atoms with Gasteiger partial charge in [-0.3, -0.25) is 0 Å². The summed E-state index contributed by atoms with van der Waals surface area (Å²) in [7, 11) is -16.5. The molecule has 0 aliphatic carbocycles. The summed E-state index contributed by atoms with van der Waals surface area (Å²) in [6.45, 7) is 7.16. The molecule has 0 spiro atoms. The van der Waals surface area contributed by atoms with Crippen LogP contribution in [0.15, 0.2) is 117 Å². The van der Waals surface area contributed by atoms with E-state index in [1.165, 1.54) is 52.8 Å². The molecule has 0 heterocycles. The smallest absolute Gasteiger partial charge is 0.210 e. The number of sulfonamides is 4. The van der Waals surface area contributed by atoms with E-state index in [9.17, 15) is 33.7 Å². The van der Waals surface area contributed by atoms with Gasteiger partial charge in [0, 0.05) is 45.8 Å². The number of hydrogen-bond donors (Lipinski definition) is 1. The van der Waals surface area contributed by atoms with Gasteiger partial charge in [-0.05, 0) is 76.2 Å². The van der Waals surface area contributed by atoms with Gasteiger partial charge in [0.15, 0.2) is 0 Å². The van der Waals surface area contributed by atoms with Crippen molar-refractivity contribution in [2.24, 2.45) is 0 Å². The van der Waals surface area contributed by atoms with E-state index in [1.807, 2.05) is 20.8 Å². The van der Waals surface area contributed by atoms with E-state index in [0.29, 0.717) is 0 Å². The van der Waals surface area contributed by atoms with E-state index in [4.69, 9.17) is 0 Å². The molecule has 0 saturated carbocycles. The SMILES string of the molecule is CCN(CCN(CCN(CCNS(=O)(=O)c1ccc(C)cc1)S(=O)(=O)c1ccc(C)cc1)S(=O)(=O)c1ccc(C)cc1)S(=O)(=O)c1ccc(C)cc1. The van der Waals surface area contributed by atoms with Crippen molar-refractivity contribution in [2.45, 2.75) is 54.2 Å². The first-order valence-corrected chi connectivity index (χ1v) is 22.4. The predicted molar refractivity (Wildman–Crippen MR) is 202 cm³/mol. The molecule has 1 N–H and O–H groups in total. The van der Waals surface area contributed by atoms with Crippen molar-refractivity contribution in [2.75, 3.05) is 45.8 Å². The Kier molecular flexibility index (Phi) is 13.6. The van der Waals surface area contributed by atoms with Crippen LogP contribution in [0.25, 0.3) is 0 Å². The van der Waals surface area contributed by atoms with Crippen LogP contribution in [0.4, 0.5) is 0 Å². The molecule has 0 aliphatic heterocycles. The second-order valence-corrected chi connectivity index (χ2v) is 20.0. The standard InChI is InChI=1S/C36H46N4O8S4/c1-6-38(50(43,44)34-17-9-30(3)10-18-34)25-26-40(52(47,48)36-21-13-32(5)14-22-36)28-27-39(51(45,46)35-19-11-31(4)12-20-35)24-23-37-49(41,42)33-15-7-29(2)8-16-33/h7-22,37H,6,23-28H2,1-5H3. The highest BCUT2D eigenvalue weighted by molar-refractivity contribution is 7.90. The monoisotopic (exact) mass is 790 g/mol. The number of nitrogens with one attached hydrogen (secondary N) is 1. The average Bonchev–Trinajstić information content (AvgIpc) is 3.09. The summed E-state index contributed by atoms with van der Waals surface area (Å²) >= 11 is 0. The van der Waals surface area contributed by atoms with Crippen LogP contribution in [0.3, 0.4) is 0 Å². The molecule has 4 rings (SSSR count). The van der Waals surface area contributed by atoms with Crippen LogP contribution in [-0.4, -0.2) is 92.4 Å². The highest BCUT2D eigenvalue weighted by Gasteiger charge is 2.31. The van der Waals surface area contributed by atoms with Crippen LogP contribution >= 0.6 is 0 Å². The molecule has 52 heavy (non-hydrogen) atoms. The fourth-order valence-corrected chi connectivity index (χ4v) is 10.6. The summed E-state index contributed by atoms with van der Waals surface area (Å²) in [4.78, 5) is -0.00561. The highest BCUT2D eigenvalue weighted by atomic mass is 32.2. The topological polar surface area (TPSA) is 158 Å². The zero-order valence-electron chi connectivity index (χ0n) is 29.9. The molecule has 0 amide bonds.